The molecule has 3 nitrogen and oxygen atoms in total. The molecule has 0 saturated heterocycles. The molecule has 0 atom stereocenters. The van der Waals surface area contributed by atoms with Crippen LogP contribution in [0, 0.1) is 6.92 Å². The number of hydrogen-bond acceptors (Lipinski definition) is 2. The Morgan fingerprint density at radius 3 is 3.27 bits per heavy atom. The van der Waals surface area contributed by atoms with E-state index in [2.05, 4.69) is 9.97 Å². The molecule has 2 aromatic rings. The molecule has 0 radical (unpaired) electrons. The van der Waals surface area contributed by atoms with Crippen LogP contribution >= 0.6 is 11.6 Å². The van der Waals surface area contributed by atoms with Crippen molar-refractivity contribution >= 4 is 22.6 Å². The number of pyridine rings is 1. The number of ether oxygens (including phenoxy) is 1. The molecule has 1 N–H and O–H groups in total. The average Bonchev–Trinajstić information content (AvgIpc) is 2.57. The molecular weight excluding hydrogens is 212 g/mol. The Balaban J connectivity index is 2.33. The van der Waals surface area contributed by atoms with Gasteiger partial charge in [-0.2, -0.15) is 0 Å². The minimum absolute atomic E-state index is 0.579. The Morgan fingerprint density at radius 1 is 1.53 bits per heavy atom. The molecule has 0 fully saturated rings. The Hall–Kier alpha value is -1.06. The number of nitrogens with zero attached hydrogens (tertiary/aromatic N) is 1. The third-order valence-corrected chi connectivity index (χ3v) is 3.21. The zero-order valence-corrected chi connectivity index (χ0v) is 9.19. The molecule has 2 aromatic heterocycles. The maximum absolute atomic E-state index is 6.02. The fourth-order valence-corrected chi connectivity index (χ4v) is 2.15. The molecule has 4 heteroatoms. The van der Waals surface area contributed by atoms with Gasteiger partial charge in [-0.1, -0.05) is 11.6 Å². The van der Waals surface area contributed by atoms with E-state index in [0.29, 0.717) is 11.8 Å². The number of hydrogen-bond donors (Lipinski definition) is 1. The molecule has 0 aromatic carbocycles. The van der Waals surface area contributed by atoms with Gasteiger partial charge in [0.25, 0.3) is 0 Å². The lowest BCUT2D eigenvalue weighted by molar-refractivity contribution is 0.111. The third-order valence-electron chi connectivity index (χ3n) is 2.83. The van der Waals surface area contributed by atoms with E-state index in [1.54, 1.807) is 0 Å². The Labute approximate surface area is 92.4 Å². The van der Waals surface area contributed by atoms with Gasteiger partial charge in [-0.15, -0.1) is 0 Å². The highest BCUT2D eigenvalue weighted by molar-refractivity contribution is 6.30. The summed E-state index contributed by atoms with van der Waals surface area (Å²) in [5.74, 6) is 0. The smallest absolute Gasteiger partial charge is 0.132 e. The SMILES string of the molecule is Cc1cc2[nH]c3c(c2nc1Cl)COCC3. The molecule has 3 rings (SSSR count). The largest absolute Gasteiger partial charge is 0.376 e. The molecule has 0 saturated carbocycles. The van der Waals surface area contributed by atoms with Gasteiger partial charge in [-0.3, -0.25) is 0 Å². The lowest BCUT2D eigenvalue weighted by atomic mass is 10.1. The van der Waals surface area contributed by atoms with E-state index >= 15 is 0 Å². The standard InChI is InChI=1S/C11H11ClN2O/c1-6-4-9-10(14-11(6)12)7-5-15-3-2-8(7)13-9/h4,13H,2-3,5H2,1H3. The number of fused-ring (bicyclic) bond motifs is 3. The number of rotatable bonds is 0. The summed E-state index contributed by atoms with van der Waals surface area (Å²) < 4.78 is 5.43. The number of aryl methyl sites for hydroxylation is 1. The van der Waals surface area contributed by atoms with Gasteiger partial charge in [0.15, 0.2) is 0 Å². The van der Waals surface area contributed by atoms with Crippen molar-refractivity contribution in [2.45, 2.75) is 20.0 Å². The zero-order chi connectivity index (χ0) is 10.4. The summed E-state index contributed by atoms with van der Waals surface area (Å²) in [4.78, 5) is 7.79. The molecule has 0 bridgehead atoms. The summed E-state index contributed by atoms with van der Waals surface area (Å²) in [7, 11) is 0. The molecule has 1 aliphatic heterocycles. The van der Waals surface area contributed by atoms with E-state index in [0.717, 1.165) is 35.2 Å². The van der Waals surface area contributed by atoms with Gasteiger partial charge in [-0.25, -0.2) is 4.98 Å². The predicted molar refractivity (Wildman–Crippen MR) is 59.2 cm³/mol. The number of aromatic amines is 1. The van der Waals surface area contributed by atoms with Crippen LogP contribution in [0.3, 0.4) is 0 Å². The molecule has 0 amide bonds. The summed E-state index contributed by atoms with van der Waals surface area (Å²) >= 11 is 6.02. The fraction of sp³-hybridized carbons (Fsp3) is 0.364. The average molecular weight is 223 g/mol. The van der Waals surface area contributed by atoms with Crippen molar-refractivity contribution in [2.24, 2.45) is 0 Å². The second kappa shape index (κ2) is 3.22. The maximum atomic E-state index is 6.02. The minimum atomic E-state index is 0.579. The van der Waals surface area contributed by atoms with Crippen LogP contribution in [0.5, 0.6) is 0 Å². The number of nitrogens with one attached hydrogen (secondary N) is 1. The van der Waals surface area contributed by atoms with E-state index in [1.807, 2.05) is 13.0 Å². The first-order valence-electron chi connectivity index (χ1n) is 5.00. The molecular formula is C11H11ClN2O. The quantitative estimate of drug-likeness (QED) is 0.696. The summed E-state index contributed by atoms with van der Waals surface area (Å²) in [6.07, 6.45) is 0.933. The van der Waals surface area contributed by atoms with E-state index in [9.17, 15) is 0 Å². The molecule has 1 aliphatic rings. The topological polar surface area (TPSA) is 37.9 Å². The van der Waals surface area contributed by atoms with Crippen molar-refractivity contribution in [3.63, 3.8) is 0 Å². The number of halogens is 1. The summed E-state index contributed by atoms with van der Waals surface area (Å²) in [5, 5.41) is 0.579. The van der Waals surface area contributed by atoms with E-state index in [4.69, 9.17) is 16.3 Å². The van der Waals surface area contributed by atoms with Crippen LogP contribution in [0.25, 0.3) is 11.0 Å². The van der Waals surface area contributed by atoms with Crippen LogP contribution in [0.4, 0.5) is 0 Å². The predicted octanol–water partition coefficient (Wildman–Crippen LogP) is 2.60. The van der Waals surface area contributed by atoms with Crippen LogP contribution in [0.1, 0.15) is 16.8 Å². The summed E-state index contributed by atoms with van der Waals surface area (Å²) in [5.41, 5.74) is 5.43. The monoisotopic (exact) mass is 222 g/mol. The van der Waals surface area contributed by atoms with Gasteiger partial charge in [0.2, 0.25) is 0 Å². The fourth-order valence-electron chi connectivity index (χ4n) is 2.01. The molecule has 78 valence electrons. The highest BCUT2D eigenvalue weighted by Crippen LogP contribution is 2.27. The van der Waals surface area contributed by atoms with Crippen molar-refractivity contribution < 1.29 is 4.74 Å². The van der Waals surface area contributed by atoms with Crippen LogP contribution in [0.2, 0.25) is 5.15 Å². The molecule has 0 unspecified atom stereocenters. The van der Waals surface area contributed by atoms with Crippen molar-refractivity contribution in [1.82, 2.24) is 9.97 Å². The van der Waals surface area contributed by atoms with E-state index in [-0.39, 0.29) is 0 Å². The van der Waals surface area contributed by atoms with Crippen molar-refractivity contribution in [3.05, 3.63) is 28.0 Å². The van der Waals surface area contributed by atoms with E-state index < -0.39 is 0 Å². The Morgan fingerprint density at radius 2 is 2.40 bits per heavy atom. The lowest BCUT2D eigenvalue weighted by Gasteiger charge is -2.11. The Kier molecular flexibility index (Phi) is 1.97. The molecule has 0 spiro atoms. The number of aromatic nitrogens is 2. The third kappa shape index (κ3) is 1.34. The number of H-pyrrole nitrogens is 1. The normalized spacial score (nSPS) is 15.6. The first-order chi connectivity index (χ1) is 7.25. The second-order valence-electron chi connectivity index (χ2n) is 3.88. The summed E-state index contributed by atoms with van der Waals surface area (Å²) in [6.45, 7) is 3.39. The van der Waals surface area contributed by atoms with Gasteiger partial charge in [-0.05, 0) is 18.6 Å². The van der Waals surface area contributed by atoms with Gasteiger partial charge in [0, 0.05) is 17.7 Å². The highest BCUT2D eigenvalue weighted by atomic mass is 35.5. The van der Waals surface area contributed by atoms with Crippen molar-refractivity contribution in [2.75, 3.05) is 6.61 Å². The molecule has 15 heavy (non-hydrogen) atoms. The van der Waals surface area contributed by atoms with Crippen LogP contribution < -0.4 is 0 Å². The van der Waals surface area contributed by atoms with Gasteiger partial charge >= 0.3 is 0 Å². The Bertz CT molecular complexity index is 533. The van der Waals surface area contributed by atoms with Crippen LogP contribution in [0.15, 0.2) is 6.07 Å². The van der Waals surface area contributed by atoms with Crippen LogP contribution in [-0.4, -0.2) is 16.6 Å². The second-order valence-corrected chi connectivity index (χ2v) is 4.23. The maximum Gasteiger partial charge on any atom is 0.132 e. The molecule has 3 heterocycles. The first kappa shape index (κ1) is 9.19. The zero-order valence-electron chi connectivity index (χ0n) is 8.43. The van der Waals surface area contributed by atoms with E-state index in [1.165, 1.54) is 5.69 Å². The lowest BCUT2D eigenvalue weighted by Crippen LogP contribution is -2.08. The minimum Gasteiger partial charge on any atom is -0.376 e. The van der Waals surface area contributed by atoms with Crippen LogP contribution in [-0.2, 0) is 17.8 Å². The highest BCUT2D eigenvalue weighted by Gasteiger charge is 2.17. The van der Waals surface area contributed by atoms with Gasteiger partial charge < -0.3 is 9.72 Å². The first-order valence-corrected chi connectivity index (χ1v) is 5.38. The van der Waals surface area contributed by atoms with Crippen molar-refractivity contribution in [3.8, 4) is 0 Å². The van der Waals surface area contributed by atoms with Gasteiger partial charge in [0.1, 0.15) is 5.15 Å². The van der Waals surface area contributed by atoms with Crippen molar-refractivity contribution in [1.29, 1.82) is 0 Å². The molecule has 0 aliphatic carbocycles. The van der Waals surface area contributed by atoms with Gasteiger partial charge in [0.05, 0.1) is 24.2 Å². The summed E-state index contributed by atoms with van der Waals surface area (Å²) in [6, 6.07) is 2.04.